The highest BCUT2D eigenvalue weighted by atomic mass is 35.5. The second kappa shape index (κ2) is 7.80. The fourth-order valence-electron chi connectivity index (χ4n) is 4.41. The van der Waals surface area contributed by atoms with E-state index >= 15 is 0 Å². The number of nitrogens with zero attached hydrogens (tertiary/aromatic N) is 1. The third kappa shape index (κ3) is 3.31. The number of ketones is 1. The summed E-state index contributed by atoms with van der Waals surface area (Å²) in [6, 6.07) is 13.5. The minimum Gasteiger partial charge on any atom is -0.507 e. The Morgan fingerprint density at radius 2 is 2.00 bits per heavy atom. The molecule has 1 amide bonds. The lowest BCUT2D eigenvalue weighted by Crippen LogP contribution is -2.29. The number of thiophene rings is 1. The summed E-state index contributed by atoms with van der Waals surface area (Å²) in [7, 11) is 0. The number of amides is 1. The predicted molar refractivity (Wildman–Crippen MR) is 126 cm³/mol. The molecule has 0 radical (unpaired) electrons. The molecule has 162 valence electrons. The number of halogens is 1. The number of fused-ring (bicyclic) bond motifs is 1. The molecule has 0 saturated carbocycles. The lowest BCUT2D eigenvalue weighted by Gasteiger charge is -2.25. The zero-order valence-corrected chi connectivity index (χ0v) is 19.0. The van der Waals surface area contributed by atoms with E-state index in [1.54, 1.807) is 30.3 Å². The number of hydrogen-bond donors (Lipinski definition) is 1. The molecule has 0 bridgehead atoms. The van der Waals surface area contributed by atoms with Gasteiger partial charge in [-0.25, -0.2) is 0 Å². The average molecular weight is 466 g/mol. The van der Waals surface area contributed by atoms with Crippen molar-refractivity contribution in [3.8, 4) is 5.75 Å². The number of anilines is 1. The van der Waals surface area contributed by atoms with Crippen LogP contribution < -0.4 is 9.64 Å². The molecule has 5 rings (SSSR count). The molecule has 2 atom stereocenters. The third-order valence-electron chi connectivity index (χ3n) is 5.84. The van der Waals surface area contributed by atoms with Crippen LogP contribution in [0.3, 0.4) is 0 Å². The smallest absolute Gasteiger partial charge is 0.300 e. The molecule has 3 aromatic rings. The standard InChI is InChI=1S/C25H20ClNO4S/c1-13-10-17(26)6-7-18(13)27-22(20-4-3-9-32-20)21(24(29)25(27)30)23(28)15-5-8-19-16(12-15)11-14(2)31-19/h3-10,12,14,22,28H,11H2,1-2H3/b23-21-. The van der Waals surface area contributed by atoms with Gasteiger partial charge in [-0.3, -0.25) is 14.5 Å². The fourth-order valence-corrected chi connectivity index (χ4v) is 5.46. The average Bonchev–Trinajstić information content (AvgIpc) is 3.46. The number of Topliss-reactive ketones (excluding diaryl/α,β-unsaturated/α-hetero) is 1. The Labute approximate surface area is 194 Å². The maximum Gasteiger partial charge on any atom is 0.300 e. The first-order valence-electron chi connectivity index (χ1n) is 10.3. The summed E-state index contributed by atoms with van der Waals surface area (Å²) in [6.45, 7) is 3.82. The van der Waals surface area contributed by atoms with Crippen LogP contribution in [0, 0.1) is 6.92 Å². The van der Waals surface area contributed by atoms with Crippen molar-refractivity contribution >= 4 is 46.1 Å². The van der Waals surface area contributed by atoms with Crippen molar-refractivity contribution in [1.29, 1.82) is 0 Å². The van der Waals surface area contributed by atoms with Crippen molar-refractivity contribution in [3.05, 3.63) is 86.1 Å². The van der Waals surface area contributed by atoms with Gasteiger partial charge in [-0.15, -0.1) is 11.3 Å². The molecule has 5 nitrogen and oxygen atoms in total. The number of aliphatic hydroxyl groups excluding tert-OH is 1. The van der Waals surface area contributed by atoms with Gasteiger partial charge in [-0.1, -0.05) is 17.7 Å². The van der Waals surface area contributed by atoms with Crippen molar-refractivity contribution in [2.45, 2.75) is 32.4 Å². The topological polar surface area (TPSA) is 66.8 Å². The minimum atomic E-state index is -0.724. The van der Waals surface area contributed by atoms with E-state index in [1.165, 1.54) is 16.2 Å². The molecule has 1 saturated heterocycles. The number of aliphatic hydroxyl groups is 1. The maximum atomic E-state index is 13.2. The van der Waals surface area contributed by atoms with Gasteiger partial charge in [-0.2, -0.15) is 0 Å². The van der Waals surface area contributed by atoms with Crippen LogP contribution in [0.15, 0.2) is 59.5 Å². The van der Waals surface area contributed by atoms with Crippen LogP contribution in [0.25, 0.3) is 5.76 Å². The first kappa shape index (κ1) is 20.8. The van der Waals surface area contributed by atoms with Crippen molar-refractivity contribution in [3.63, 3.8) is 0 Å². The largest absolute Gasteiger partial charge is 0.507 e. The molecule has 2 unspecified atom stereocenters. The number of carbonyl (C=O) groups excluding carboxylic acids is 2. The van der Waals surface area contributed by atoms with Crippen LogP contribution in [0.1, 0.15) is 34.5 Å². The molecule has 0 aliphatic carbocycles. The summed E-state index contributed by atoms with van der Waals surface area (Å²) < 4.78 is 5.75. The molecule has 2 aliphatic rings. The molecule has 2 aromatic carbocycles. The van der Waals surface area contributed by atoms with E-state index in [0.717, 1.165) is 28.2 Å². The first-order valence-corrected chi connectivity index (χ1v) is 11.5. The zero-order valence-electron chi connectivity index (χ0n) is 17.5. The van der Waals surface area contributed by atoms with E-state index in [-0.39, 0.29) is 17.4 Å². The van der Waals surface area contributed by atoms with Crippen molar-refractivity contribution in [1.82, 2.24) is 0 Å². The first-order chi connectivity index (χ1) is 15.3. The molecule has 3 heterocycles. The van der Waals surface area contributed by atoms with Crippen molar-refractivity contribution < 1.29 is 19.4 Å². The summed E-state index contributed by atoms with van der Waals surface area (Å²) >= 11 is 7.54. The van der Waals surface area contributed by atoms with Gasteiger partial charge >= 0.3 is 0 Å². The van der Waals surface area contributed by atoms with Crippen molar-refractivity contribution in [2.24, 2.45) is 0 Å². The Morgan fingerprint density at radius 1 is 1.19 bits per heavy atom. The van der Waals surface area contributed by atoms with Crippen LogP contribution >= 0.6 is 22.9 Å². The summed E-state index contributed by atoms with van der Waals surface area (Å²) in [4.78, 5) is 28.7. The monoisotopic (exact) mass is 465 g/mol. The SMILES string of the molecule is Cc1cc(Cl)ccc1N1C(=O)C(=O)/C(=C(\O)c2ccc3c(c2)CC(C)O3)C1c1cccs1. The normalized spacial score (nSPS) is 21.7. The van der Waals surface area contributed by atoms with Gasteiger partial charge in [0.05, 0.1) is 5.57 Å². The highest BCUT2D eigenvalue weighted by Gasteiger charge is 2.47. The van der Waals surface area contributed by atoms with Gasteiger partial charge < -0.3 is 9.84 Å². The van der Waals surface area contributed by atoms with Crippen LogP contribution in [0.4, 0.5) is 5.69 Å². The van der Waals surface area contributed by atoms with Gasteiger partial charge in [0, 0.05) is 27.6 Å². The number of benzene rings is 2. The van der Waals surface area contributed by atoms with Gasteiger partial charge in [-0.05, 0) is 72.8 Å². The number of aryl methyl sites for hydroxylation is 1. The Kier molecular flexibility index (Phi) is 5.07. The van der Waals surface area contributed by atoms with Crippen LogP contribution in [-0.2, 0) is 16.0 Å². The molecule has 1 aromatic heterocycles. The third-order valence-corrected chi connectivity index (χ3v) is 7.00. The second-order valence-corrected chi connectivity index (χ2v) is 9.49. The van der Waals surface area contributed by atoms with E-state index in [2.05, 4.69) is 0 Å². The van der Waals surface area contributed by atoms with Gasteiger partial charge in [0.15, 0.2) is 0 Å². The second-order valence-electron chi connectivity index (χ2n) is 8.07. The Bertz CT molecular complexity index is 1280. The van der Waals surface area contributed by atoms with E-state index < -0.39 is 17.7 Å². The molecule has 1 fully saturated rings. The molecule has 0 spiro atoms. The van der Waals surface area contributed by atoms with Gasteiger partial charge in [0.2, 0.25) is 0 Å². The lowest BCUT2D eigenvalue weighted by molar-refractivity contribution is -0.132. The van der Waals surface area contributed by atoms with Gasteiger partial charge in [0.25, 0.3) is 11.7 Å². The van der Waals surface area contributed by atoms with E-state index in [4.69, 9.17) is 16.3 Å². The molecule has 2 aliphatic heterocycles. The van der Waals surface area contributed by atoms with E-state index in [0.29, 0.717) is 16.3 Å². The summed E-state index contributed by atoms with van der Waals surface area (Å²) in [6.07, 6.45) is 0.787. The Hall–Kier alpha value is -3.09. The number of hydrogen-bond acceptors (Lipinski definition) is 5. The summed E-state index contributed by atoms with van der Waals surface area (Å²) in [5, 5.41) is 13.7. The van der Waals surface area contributed by atoms with Crippen LogP contribution in [0.5, 0.6) is 5.75 Å². The molecular weight excluding hydrogens is 446 g/mol. The zero-order chi connectivity index (χ0) is 22.6. The van der Waals surface area contributed by atoms with Crippen LogP contribution in [-0.4, -0.2) is 22.9 Å². The molecule has 1 N–H and O–H groups in total. The van der Waals surface area contributed by atoms with Gasteiger partial charge in [0.1, 0.15) is 23.7 Å². The highest BCUT2D eigenvalue weighted by molar-refractivity contribution is 7.10. The predicted octanol–water partition coefficient (Wildman–Crippen LogP) is 5.66. The quantitative estimate of drug-likeness (QED) is 0.308. The minimum absolute atomic E-state index is 0.0620. The fraction of sp³-hybridized carbons (Fsp3) is 0.200. The number of rotatable bonds is 3. The summed E-state index contributed by atoms with van der Waals surface area (Å²) in [5.74, 6) is -0.784. The molecular formula is C25H20ClNO4S. The van der Waals surface area contributed by atoms with Crippen LogP contribution in [0.2, 0.25) is 5.02 Å². The number of ether oxygens (including phenoxy) is 1. The number of carbonyl (C=O) groups is 2. The van der Waals surface area contributed by atoms with Crippen molar-refractivity contribution in [2.75, 3.05) is 4.90 Å². The Balaban J connectivity index is 1.68. The Morgan fingerprint density at radius 3 is 2.72 bits per heavy atom. The molecule has 32 heavy (non-hydrogen) atoms. The van der Waals surface area contributed by atoms with E-state index in [1.807, 2.05) is 37.4 Å². The summed E-state index contributed by atoms with van der Waals surface area (Å²) in [5.41, 5.74) is 2.90. The maximum absolute atomic E-state index is 13.2. The highest BCUT2D eigenvalue weighted by Crippen LogP contribution is 2.45. The molecule has 7 heteroatoms. The van der Waals surface area contributed by atoms with E-state index in [9.17, 15) is 14.7 Å². The lowest BCUT2D eigenvalue weighted by atomic mass is 9.98.